The first-order chi connectivity index (χ1) is 9.61. The third-order valence-electron chi connectivity index (χ3n) is 3.50. The lowest BCUT2D eigenvalue weighted by atomic mass is 9.95. The molecule has 106 valence electrons. The predicted molar refractivity (Wildman–Crippen MR) is 83.9 cm³/mol. The van der Waals surface area contributed by atoms with Gasteiger partial charge in [-0.15, -0.1) is 0 Å². The van der Waals surface area contributed by atoms with Gasteiger partial charge < -0.3 is 10.5 Å². The molecule has 1 unspecified atom stereocenters. The number of rotatable bonds is 5. The molecular weight excluding hydrogens is 246 g/mol. The lowest BCUT2D eigenvalue weighted by Crippen LogP contribution is -2.14. The fourth-order valence-corrected chi connectivity index (χ4v) is 2.34. The van der Waals surface area contributed by atoms with Crippen molar-refractivity contribution in [1.82, 2.24) is 0 Å². The number of aryl methyl sites for hydroxylation is 3. The SMILES string of the molecule is Cc1ccc(C(OCCN)c2cc(C)ccc2C)cc1. The van der Waals surface area contributed by atoms with Gasteiger partial charge in [0.2, 0.25) is 0 Å². The molecule has 2 aromatic rings. The van der Waals surface area contributed by atoms with Crippen molar-refractivity contribution in [3.8, 4) is 0 Å². The van der Waals surface area contributed by atoms with Gasteiger partial charge in [0.15, 0.2) is 0 Å². The molecule has 0 heterocycles. The maximum Gasteiger partial charge on any atom is 0.108 e. The van der Waals surface area contributed by atoms with Crippen molar-refractivity contribution in [1.29, 1.82) is 0 Å². The second-order valence-corrected chi connectivity index (χ2v) is 5.31. The average Bonchev–Trinajstić information content (AvgIpc) is 2.44. The van der Waals surface area contributed by atoms with Crippen molar-refractivity contribution in [2.45, 2.75) is 26.9 Å². The molecule has 1 atom stereocenters. The predicted octanol–water partition coefficient (Wildman–Crippen LogP) is 3.68. The molecule has 0 aliphatic heterocycles. The highest BCUT2D eigenvalue weighted by atomic mass is 16.5. The molecule has 0 aromatic heterocycles. The van der Waals surface area contributed by atoms with E-state index in [-0.39, 0.29) is 6.10 Å². The highest BCUT2D eigenvalue weighted by Gasteiger charge is 2.16. The second kappa shape index (κ2) is 6.69. The minimum atomic E-state index is -0.0425. The van der Waals surface area contributed by atoms with E-state index in [2.05, 4.69) is 63.2 Å². The summed E-state index contributed by atoms with van der Waals surface area (Å²) >= 11 is 0. The van der Waals surface area contributed by atoms with Gasteiger partial charge in [0.05, 0.1) is 6.61 Å². The van der Waals surface area contributed by atoms with Gasteiger partial charge >= 0.3 is 0 Å². The molecule has 0 amide bonds. The van der Waals surface area contributed by atoms with Gasteiger partial charge in [0.25, 0.3) is 0 Å². The summed E-state index contributed by atoms with van der Waals surface area (Å²) in [6.45, 7) is 7.43. The van der Waals surface area contributed by atoms with Gasteiger partial charge in [0, 0.05) is 6.54 Å². The Morgan fingerprint density at radius 1 is 0.950 bits per heavy atom. The molecule has 2 heteroatoms. The molecule has 0 aliphatic carbocycles. The number of ether oxygens (including phenoxy) is 1. The fourth-order valence-electron chi connectivity index (χ4n) is 2.34. The smallest absolute Gasteiger partial charge is 0.108 e. The second-order valence-electron chi connectivity index (χ2n) is 5.31. The van der Waals surface area contributed by atoms with Crippen LogP contribution >= 0.6 is 0 Å². The molecule has 0 aliphatic rings. The normalized spacial score (nSPS) is 12.4. The molecule has 0 radical (unpaired) electrons. The van der Waals surface area contributed by atoms with E-state index >= 15 is 0 Å². The minimum absolute atomic E-state index is 0.0425. The quantitative estimate of drug-likeness (QED) is 0.898. The van der Waals surface area contributed by atoms with Crippen LogP contribution in [0.25, 0.3) is 0 Å². The van der Waals surface area contributed by atoms with Crippen molar-refractivity contribution in [2.24, 2.45) is 5.73 Å². The Labute approximate surface area is 121 Å². The molecule has 2 nitrogen and oxygen atoms in total. The third-order valence-corrected chi connectivity index (χ3v) is 3.50. The van der Waals surface area contributed by atoms with Gasteiger partial charge in [-0.05, 0) is 37.5 Å². The van der Waals surface area contributed by atoms with Crippen molar-refractivity contribution in [2.75, 3.05) is 13.2 Å². The van der Waals surface area contributed by atoms with Crippen molar-refractivity contribution < 1.29 is 4.74 Å². The number of nitrogens with two attached hydrogens (primary N) is 1. The topological polar surface area (TPSA) is 35.2 Å². The fraction of sp³-hybridized carbons (Fsp3) is 0.333. The first-order valence-corrected chi connectivity index (χ1v) is 7.07. The van der Waals surface area contributed by atoms with Crippen LogP contribution in [0.4, 0.5) is 0 Å². The molecule has 20 heavy (non-hydrogen) atoms. The third kappa shape index (κ3) is 3.47. The van der Waals surface area contributed by atoms with Crippen LogP contribution in [-0.2, 0) is 4.74 Å². The molecule has 2 aromatic carbocycles. The van der Waals surface area contributed by atoms with E-state index in [1.807, 2.05) is 0 Å². The van der Waals surface area contributed by atoms with Crippen LogP contribution < -0.4 is 5.73 Å². The minimum Gasteiger partial charge on any atom is -0.367 e. The first kappa shape index (κ1) is 14.8. The number of benzene rings is 2. The zero-order valence-corrected chi connectivity index (χ0v) is 12.5. The average molecular weight is 269 g/mol. The van der Waals surface area contributed by atoms with Crippen molar-refractivity contribution in [3.05, 3.63) is 70.3 Å². The van der Waals surface area contributed by atoms with E-state index in [4.69, 9.17) is 10.5 Å². The number of hydrogen-bond acceptors (Lipinski definition) is 2. The Morgan fingerprint density at radius 3 is 2.25 bits per heavy atom. The first-order valence-electron chi connectivity index (χ1n) is 7.07. The van der Waals surface area contributed by atoms with Crippen LogP contribution in [0.15, 0.2) is 42.5 Å². The molecular formula is C18H23NO. The van der Waals surface area contributed by atoms with Crippen molar-refractivity contribution >= 4 is 0 Å². The standard InChI is InChI=1S/C18H23NO/c1-13-5-8-16(9-6-13)18(20-11-10-19)17-12-14(2)4-7-15(17)3/h4-9,12,18H,10-11,19H2,1-3H3. The van der Waals surface area contributed by atoms with Gasteiger partial charge in [-0.3, -0.25) is 0 Å². The zero-order chi connectivity index (χ0) is 14.5. The monoisotopic (exact) mass is 269 g/mol. The Kier molecular flexibility index (Phi) is 4.94. The highest BCUT2D eigenvalue weighted by Crippen LogP contribution is 2.29. The van der Waals surface area contributed by atoms with Crippen LogP contribution in [-0.4, -0.2) is 13.2 Å². The zero-order valence-electron chi connectivity index (χ0n) is 12.5. The van der Waals surface area contributed by atoms with E-state index in [9.17, 15) is 0 Å². The summed E-state index contributed by atoms with van der Waals surface area (Å²) in [7, 11) is 0. The van der Waals surface area contributed by atoms with Gasteiger partial charge in [-0.1, -0.05) is 53.6 Å². The molecule has 0 spiro atoms. The molecule has 0 saturated carbocycles. The van der Waals surface area contributed by atoms with Crippen LogP contribution in [0, 0.1) is 20.8 Å². The summed E-state index contributed by atoms with van der Waals surface area (Å²) in [6.07, 6.45) is -0.0425. The van der Waals surface area contributed by atoms with Crippen molar-refractivity contribution in [3.63, 3.8) is 0 Å². The molecule has 0 fully saturated rings. The van der Waals surface area contributed by atoms with Gasteiger partial charge in [-0.25, -0.2) is 0 Å². The number of hydrogen-bond donors (Lipinski definition) is 1. The lowest BCUT2D eigenvalue weighted by Gasteiger charge is -2.21. The summed E-state index contributed by atoms with van der Waals surface area (Å²) < 4.78 is 6.01. The van der Waals surface area contributed by atoms with E-state index < -0.39 is 0 Å². The van der Waals surface area contributed by atoms with E-state index in [0.29, 0.717) is 13.2 Å². The Bertz CT molecular complexity index is 560. The van der Waals surface area contributed by atoms with Crippen LogP contribution in [0.5, 0.6) is 0 Å². The van der Waals surface area contributed by atoms with E-state index in [1.165, 1.54) is 27.8 Å². The van der Waals surface area contributed by atoms with Crippen LogP contribution in [0.1, 0.15) is 33.9 Å². The maximum absolute atomic E-state index is 6.01. The molecule has 0 saturated heterocycles. The van der Waals surface area contributed by atoms with Crippen LogP contribution in [0.2, 0.25) is 0 Å². The van der Waals surface area contributed by atoms with E-state index in [1.54, 1.807) is 0 Å². The summed E-state index contributed by atoms with van der Waals surface area (Å²) in [5.74, 6) is 0. The lowest BCUT2D eigenvalue weighted by molar-refractivity contribution is 0.0860. The largest absolute Gasteiger partial charge is 0.367 e. The summed E-state index contributed by atoms with van der Waals surface area (Å²) in [4.78, 5) is 0. The summed E-state index contributed by atoms with van der Waals surface area (Å²) in [5.41, 5.74) is 11.8. The van der Waals surface area contributed by atoms with E-state index in [0.717, 1.165) is 0 Å². The molecule has 2 N–H and O–H groups in total. The Hall–Kier alpha value is -1.64. The molecule has 0 bridgehead atoms. The summed E-state index contributed by atoms with van der Waals surface area (Å²) in [5, 5.41) is 0. The van der Waals surface area contributed by atoms with Crippen LogP contribution in [0.3, 0.4) is 0 Å². The summed E-state index contributed by atoms with van der Waals surface area (Å²) in [6, 6.07) is 15.0. The Balaban J connectivity index is 2.41. The molecule has 2 rings (SSSR count). The van der Waals surface area contributed by atoms with Gasteiger partial charge in [0.1, 0.15) is 6.10 Å². The Morgan fingerprint density at radius 2 is 1.60 bits per heavy atom. The van der Waals surface area contributed by atoms with Gasteiger partial charge in [-0.2, -0.15) is 0 Å². The highest BCUT2D eigenvalue weighted by molar-refractivity contribution is 5.38. The maximum atomic E-state index is 6.01.